The number of nitrogens with two attached hydrogens (primary N) is 1. The summed E-state index contributed by atoms with van der Waals surface area (Å²) in [5.41, 5.74) is 5.22. The van der Waals surface area contributed by atoms with Gasteiger partial charge in [-0.25, -0.2) is 8.42 Å². The molecule has 5 N–H and O–H groups in total. The lowest BCUT2D eigenvalue weighted by Gasteiger charge is -2.10. The van der Waals surface area contributed by atoms with Crippen molar-refractivity contribution in [2.24, 2.45) is 10.9 Å². The number of amidine groups is 1. The Bertz CT molecular complexity index is 437. The van der Waals surface area contributed by atoms with Gasteiger partial charge in [0.2, 0.25) is 0 Å². The van der Waals surface area contributed by atoms with Crippen molar-refractivity contribution in [2.75, 3.05) is 0 Å². The minimum atomic E-state index is -3.71. The summed E-state index contributed by atoms with van der Waals surface area (Å²) >= 11 is 0. The summed E-state index contributed by atoms with van der Waals surface area (Å²) in [5.74, 6) is -0.224. The van der Waals surface area contributed by atoms with Crippen LogP contribution in [0.1, 0.15) is 6.92 Å². The molecule has 0 fully saturated rings. The molecule has 0 saturated carbocycles. The van der Waals surface area contributed by atoms with E-state index in [1.165, 1.54) is 19.2 Å². The van der Waals surface area contributed by atoms with Gasteiger partial charge < -0.3 is 10.9 Å². The number of oxime groups is 1. The van der Waals surface area contributed by atoms with E-state index in [1.807, 2.05) is 0 Å². The van der Waals surface area contributed by atoms with Gasteiger partial charge in [0.25, 0.3) is 10.0 Å². The van der Waals surface area contributed by atoms with E-state index in [2.05, 4.69) is 20.1 Å². The van der Waals surface area contributed by atoms with Gasteiger partial charge in [0.05, 0.1) is 12.2 Å². The van der Waals surface area contributed by atoms with E-state index < -0.39 is 16.1 Å². The molecule has 0 aliphatic rings. The molecule has 9 heteroatoms. The van der Waals surface area contributed by atoms with Crippen molar-refractivity contribution in [3.05, 3.63) is 12.3 Å². The van der Waals surface area contributed by atoms with Crippen LogP contribution in [0.5, 0.6) is 0 Å². The van der Waals surface area contributed by atoms with Crippen LogP contribution in [0.4, 0.5) is 0 Å². The van der Waals surface area contributed by atoms with Crippen LogP contribution >= 0.6 is 0 Å². The third-order valence-corrected chi connectivity index (χ3v) is 3.13. The summed E-state index contributed by atoms with van der Waals surface area (Å²) in [6.45, 7) is 1.45. The van der Waals surface area contributed by atoms with Crippen molar-refractivity contribution < 1.29 is 13.6 Å². The van der Waals surface area contributed by atoms with Crippen LogP contribution in [-0.4, -0.2) is 35.7 Å². The number of hydrogen-bond donors (Lipinski definition) is 4. The molecule has 0 radical (unpaired) electrons. The first-order valence-corrected chi connectivity index (χ1v) is 5.45. The summed E-state index contributed by atoms with van der Waals surface area (Å²) in [4.78, 5) is 0. The van der Waals surface area contributed by atoms with E-state index >= 15 is 0 Å². The Kier molecular flexibility index (Phi) is 3.27. The first-order valence-electron chi connectivity index (χ1n) is 3.96. The molecule has 1 atom stereocenters. The van der Waals surface area contributed by atoms with E-state index in [9.17, 15) is 8.42 Å². The number of H-pyrrole nitrogens is 1. The van der Waals surface area contributed by atoms with Gasteiger partial charge in [-0.15, -0.1) is 0 Å². The van der Waals surface area contributed by atoms with Gasteiger partial charge in [-0.2, -0.15) is 9.82 Å². The highest BCUT2D eigenvalue weighted by Crippen LogP contribution is 2.03. The minimum absolute atomic E-state index is 0.0833. The average molecular weight is 233 g/mol. The monoisotopic (exact) mass is 233 g/mol. The maximum absolute atomic E-state index is 11.5. The van der Waals surface area contributed by atoms with Crippen molar-refractivity contribution in [3.8, 4) is 0 Å². The van der Waals surface area contributed by atoms with Crippen molar-refractivity contribution in [1.82, 2.24) is 14.9 Å². The van der Waals surface area contributed by atoms with E-state index in [4.69, 9.17) is 10.9 Å². The highest BCUT2D eigenvalue weighted by molar-refractivity contribution is 7.89. The summed E-state index contributed by atoms with van der Waals surface area (Å²) in [6.07, 6.45) is 1.31. The molecule has 1 unspecified atom stereocenters. The SMILES string of the molecule is CC(NS(=O)(=O)c1ccn[nH]1)C(N)=NO. The minimum Gasteiger partial charge on any atom is -0.409 e. The van der Waals surface area contributed by atoms with E-state index in [-0.39, 0.29) is 10.9 Å². The quantitative estimate of drug-likeness (QED) is 0.225. The van der Waals surface area contributed by atoms with Gasteiger partial charge >= 0.3 is 0 Å². The predicted molar refractivity (Wildman–Crippen MR) is 51.8 cm³/mol. The fourth-order valence-corrected chi connectivity index (χ4v) is 1.96. The Morgan fingerprint density at radius 1 is 1.80 bits per heavy atom. The van der Waals surface area contributed by atoms with Crippen molar-refractivity contribution in [3.63, 3.8) is 0 Å². The molecule has 84 valence electrons. The highest BCUT2D eigenvalue weighted by atomic mass is 32.2. The van der Waals surface area contributed by atoms with E-state index in [1.54, 1.807) is 0 Å². The van der Waals surface area contributed by atoms with Crippen LogP contribution in [0, 0.1) is 0 Å². The Balaban J connectivity index is 2.83. The molecule has 8 nitrogen and oxygen atoms in total. The maximum Gasteiger partial charge on any atom is 0.258 e. The standard InChI is InChI=1S/C6H11N5O3S/c1-4(6(7)10-12)11-15(13,14)5-2-3-8-9-5/h2-4,11-12H,1H3,(H2,7,10)(H,8,9). The average Bonchev–Trinajstić information content (AvgIpc) is 2.69. The molecule has 1 rings (SSSR count). The van der Waals surface area contributed by atoms with Crippen LogP contribution in [0.3, 0.4) is 0 Å². The van der Waals surface area contributed by atoms with Crippen LogP contribution in [0.2, 0.25) is 0 Å². The third kappa shape index (κ3) is 2.67. The lowest BCUT2D eigenvalue weighted by Crippen LogP contribution is -2.42. The predicted octanol–water partition coefficient (Wildman–Crippen LogP) is -1.18. The third-order valence-electron chi connectivity index (χ3n) is 1.66. The number of aromatic nitrogens is 2. The van der Waals surface area contributed by atoms with Gasteiger partial charge in [0.15, 0.2) is 10.9 Å². The van der Waals surface area contributed by atoms with Crippen LogP contribution < -0.4 is 10.5 Å². The molecule has 0 aliphatic carbocycles. The van der Waals surface area contributed by atoms with Crippen LogP contribution in [0.25, 0.3) is 0 Å². The first-order chi connectivity index (χ1) is 6.97. The van der Waals surface area contributed by atoms with Gasteiger partial charge in [-0.05, 0) is 13.0 Å². The molecule has 0 aromatic carbocycles. The molecule has 0 amide bonds. The number of aromatic amines is 1. The Morgan fingerprint density at radius 2 is 2.47 bits per heavy atom. The number of rotatable bonds is 4. The second-order valence-corrected chi connectivity index (χ2v) is 4.47. The molecule has 1 heterocycles. The number of nitrogens with zero attached hydrogens (tertiary/aromatic N) is 2. The maximum atomic E-state index is 11.5. The highest BCUT2D eigenvalue weighted by Gasteiger charge is 2.20. The van der Waals surface area contributed by atoms with Crippen LogP contribution in [0.15, 0.2) is 22.4 Å². The number of sulfonamides is 1. The first kappa shape index (κ1) is 11.5. The molecule has 0 bridgehead atoms. The lowest BCUT2D eigenvalue weighted by atomic mass is 10.3. The second kappa shape index (κ2) is 4.28. The van der Waals surface area contributed by atoms with Gasteiger partial charge in [0.1, 0.15) is 0 Å². The number of hydrogen-bond acceptors (Lipinski definition) is 5. The van der Waals surface area contributed by atoms with Crippen molar-refractivity contribution in [2.45, 2.75) is 18.0 Å². The zero-order chi connectivity index (χ0) is 11.5. The van der Waals surface area contributed by atoms with Crippen molar-refractivity contribution in [1.29, 1.82) is 0 Å². The normalized spacial score (nSPS) is 15.1. The van der Waals surface area contributed by atoms with Crippen LogP contribution in [-0.2, 0) is 10.0 Å². The molecule has 1 aromatic heterocycles. The Labute approximate surface area is 86.2 Å². The molecule has 0 saturated heterocycles. The zero-order valence-corrected chi connectivity index (χ0v) is 8.69. The summed E-state index contributed by atoms with van der Waals surface area (Å²) < 4.78 is 25.3. The fourth-order valence-electron chi connectivity index (χ4n) is 0.836. The number of nitrogens with one attached hydrogen (secondary N) is 2. The van der Waals surface area contributed by atoms with Gasteiger partial charge in [-0.1, -0.05) is 5.16 Å². The summed E-state index contributed by atoms with van der Waals surface area (Å²) in [5, 5.41) is 16.8. The second-order valence-electron chi connectivity index (χ2n) is 2.79. The lowest BCUT2D eigenvalue weighted by molar-refractivity contribution is 0.316. The molecular formula is C6H11N5O3S. The molecule has 1 aromatic rings. The zero-order valence-electron chi connectivity index (χ0n) is 7.88. The van der Waals surface area contributed by atoms with E-state index in [0.29, 0.717) is 0 Å². The van der Waals surface area contributed by atoms with Gasteiger partial charge in [-0.3, -0.25) is 5.10 Å². The Hall–Kier alpha value is -1.61. The molecule has 0 aliphatic heterocycles. The fraction of sp³-hybridized carbons (Fsp3) is 0.333. The smallest absolute Gasteiger partial charge is 0.258 e. The van der Waals surface area contributed by atoms with E-state index in [0.717, 1.165) is 0 Å². The molecule has 0 spiro atoms. The summed E-state index contributed by atoms with van der Waals surface area (Å²) in [6, 6.07) is 0.490. The Morgan fingerprint density at radius 3 is 2.93 bits per heavy atom. The largest absolute Gasteiger partial charge is 0.409 e. The summed E-state index contributed by atoms with van der Waals surface area (Å²) in [7, 11) is -3.71. The molecular weight excluding hydrogens is 222 g/mol. The molecule has 15 heavy (non-hydrogen) atoms. The topological polar surface area (TPSA) is 133 Å². The van der Waals surface area contributed by atoms with Gasteiger partial charge in [0, 0.05) is 0 Å². The van der Waals surface area contributed by atoms with Crippen molar-refractivity contribution >= 4 is 15.9 Å².